The molecule has 0 bridgehead atoms. The summed E-state index contributed by atoms with van der Waals surface area (Å²) in [5.74, 6) is -0.728. The molecule has 44 heavy (non-hydrogen) atoms. The molecule has 11 heteroatoms. The fraction of sp³-hybridized carbons (Fsp3) is 0.576. The Balaban J connectivity index is 1.50. The minimum Gasteiger partial charge on any atom is -0.493 e. The summed E-state index contributed by atoms with van der Waals surface area (Å²) in [5, 5.41) is 10.7. The van der Waals surface area contributed by atoms with Gasteiger partial charge in [-0.3, -0.25) is 14.5 Å². The van der Waals surface area contributed by atoms with E-state index in [2.05, 4.69) is 6.92 Å². The zero-order chi connectivity index (χ0) is 31.4. The molecule has 0 radical (unpaired) electrons. The zero-order valence-electron chi connectivity index (χ0n) is 26.1. The number of unbranched alkanes of at least 4 members (excludes halogenated alkanes) is 1. The van der Waals surface area contributed by atoms with E-state index in [9.17, 15) is 14.7 Å². The Morgan fingerprint density at radius 1 is 1.16 bits per heavy atom. The second-order valence-corrected chi connectivity index (χ2v) is 12.5. The molecule has 5 rings (SSSR count). The molecule has 2 aromatic rings. The van der Waals surface area contributed by atoms with E-state index in [0.717, 1.165) is 29.7 Å². The number of carboxylic acids is 1. The number of carbonyl (C=O) groups is 2. The molecule has 3 heterocycles. The number of hydrogen-bond donors (Lipinski definition) is 2. The van der Waals surface area contributed by atoms with E-state index in [-0.39, 0.29) is 19.2 Å². The van der Waals surface area contributed by atoms with Gasteiger partial charge in [0.15, 0.2) is 17.8 Å². The van der Waals surface area contributed by atoms with Crippen molar-refractivity contribution >= 4 is 17.6 Å². The molecule has 1 amide bonds. The van der Waals surface area contributed by atoms with Crippen LogP contribution in [0, 0.1) is 11.3 Å². The number of aliphatic carboxylic acids is 1. The highest BCUT2D eigenvalue weighted by molar-refractivity contribution is 5.95. The molecule has 0 aliphatic carbocycles. The Morgan fingerprint density at radius 3 is 2.61 bits per heavy atom. The number of fused-ring (bicyclic) bond motifs is 1. The smallest absolute Gasteiger partial charge is 0.308 e. The number of methoxy groups -OCH3 is 1. The summed E-state index contributed by atoms with van der Waals surface area (Å²) >= 11 is 0. The lowest BCUT2D eigenvalue weighted by Gasteiger charge is -2.37. The maximum absolute atomic E-state index is 14.1. The summed E-state index contributed by atoms with van der Waals surface area (Å²) in [6.45, 7) is 8.58. The van der Waals surface area contributed by atoms with E-state index < -0.39 is 35.6 Å². The first-order valence-corrected chi connectivity index (χ1v) is 15.4. The highest BCUT2D eigenvalue weighted by atomic mass is 16.7. The lowest BCUT2D eigenvalue weighted by molar-refractivity contribution is -0.147. The number of amides is 1. The van der Waals surface area contributed by atoms with Crippen LogP contribution >= 0.6 is 0 Å². The summed E-state index contributed by atoms with van der Waals surface area (Å²) in [6.07, 6.45) is 1.76. The first-order chi connectivity index (χ1) is 21.2. The van der Waals surface area contributed by atoms with Crippen molar-refractivity contribution < 1.29 is 38.4 Å². The quantitative estimate of drug-likeness (QED) is 0.343. The highest BCUT2D eigenvalue weighted by Crippen LogP contribution is 2.49. The van der Waals surface area contributed by atoms with E-state index in [1.807, 2.05) is 55.1 Å². The third kappa shape index (κ3) is 6.66. The molecule has 0 saturated carbocycles. The SMILES string of the molecule is CCCCN(C(=O)CN1C[C@H](c2cc(OC)c3c(c2)OCO3)[C@@H](C(=O)O)[C@@H]1CC(C)(C)C1OCCO1)c1cccc(CN)c1. The highest BCUT2D eigenvalue weighted by Gasteiger charge is 2.51. The zero-order valence-corrected chi connectivity index (χ0v) is 26.1. The third-order valence-corrected chi connectivity index (χ3v) is 8.97. The number of likely N-dealkylation sites (tertiary alicyclic amines) is 1. The van der Waals surface area contributed by atoms with Crippen molar-refractivity contribution in [1.82, 2.24) is 4.90 Å². The van der Waals surface area contributed by atoms with Crippen LogP contribution in [-0.2, 0) is 25.6 Å². The van der Waals surface area contributed by atoms with Crippen molar-refractivity contribution in [2.24, 2.45) is 17.1 Å². The maximum atomic E-state index is 14.1. The first-order valence-electron chi connectivity index (χ1n) is 15.4. The number of ether oxygens (including phenoxy) is 5. The lowest BCUT2D eigenvalue weighted by atomic mass is 9.77. The number of carboxylic acid groups (broad SMARTS) is 1. The van der Waals surface area contributed by atoms with Gasteiger partial charge in [-0.2, -0.15) is 0 Å². The van der Waals surface area contributed by atoms with Crippen molar-refractivity contribution in [3.63, 3.8) is 0 Å². The van der Waals surface area contributed by atoms with Gasteiger partial charge in [-0.15, -0.1) is 0 Å². The second-order valence-electron chi connectivity index (χ2n) is 12.5. The van der Waals surface area contributed by atoms with Crippen molar-refractivity contribution in [2.75, 3.05) is 51.7 Å². The molecule has 3 aliphatic heterocycles. The molecule has 240 valence electrons. The standard InChI is InChI=1S/C33H45N3O8/c1-5-6-10-36(23-9-7-8-21(13-23)17-34)28(37)19-35-18-24(22-14-26(40-4)30-27(15-22)43-20-44-30)29(31(38)39)25(35)16-33(2,3)32-41-11-12-42-32/h7-9,13-15,24-25,29,32H,5-6,10-12,16-20,34H2,1-4H3,(H,38,39)/t24-,25+,29-/m1/s1. The summed E-state index contributed by atoms with van der Waals surface area (Å²) in [4.78, 5) is 31.1. The van der Waals surface area contributed by atoms with Crippen LogP contribution in [0.15, 0.2) is 36.4 Å². The predicted molar refractivity (Wildman–Crippen MR) is 164 cm³/mol. The third-order valence-electron chi connectivity index (χ3n) is 8.97. The summed E-state index contributed by atoms with van der Waals surface area (Å²) in [6, 6.07) is 10.9. The Kier molecular flexibility index (Phi) is 9.99. The van der Waals surface area contributed by atoms with Crippen molar-refractivity contribution in [2.45, 2.75) is 64.8 Å². The number of nitrogens with zero attached hydrogens (tertiary/aromatic N) is 2. The van der Waals surface area contributed by atoms with Crippen LogP contribution in [0.4, 0.5) is 5.69 Å². The number of carbonyl (C=O) groups excluding carboxylic acids is 1. The molecule has 11 nitrogen and oxygen atoms in total. The molecule has 2 aromatic carbocycles. The molecule has 0 unspecified atom stereocenters. The van der Waals surface area contributed by atoms with Gasteiger partial charge in [0.25, 0.3) is 0 Å². The topological polar surface area (TPSA) is 133 Å². The minimum atomic E-state index is -0.922. The van der Waals surface area contributed by atoms with Crippen molar-refractivity contribution in [3.05, 3.63) is 47.5 Å². The molecule has 0 spiro atoms. The fourth-order valence-electron chi connectivity index (χ4n) is 6.72. The van der Waals surface area contributed by atoms with Gasteiger partial charge in [-0.1, -0.05) is 39.3 Å². The fourth-order valence-corrected chi connectivity index (χ4v) is 6.72. The normalized spacial score (nSPS) is 22.0. The Morgan fingerprint density at radius 2 is 1.93 bits per heavy atom. The van der Waals surface area contributed by atoms with Crippen molar-refractivity contribution in [3.8, 4) is 17.2 Å². The first kappa shape index (κ1) is 32.0. The summed E-state index contributed by atoms with van der Waals surface area (Å²) < 4.78 is 28.6. The summed E-state index contributed by atoms with van der Waals surface area (Å²) in [7, 11) is 1.55. The molecular weight excluding hydrogens is 566 g/mol. The van der Waals surface area contributed by atoms with Crippen LogP contribution in [0.3, 0.4) is 0 Å². The van der Waals surface area contributed by atoms with E-state index in [1.54, 1.807) is 12.0 Å². The van der Waals surface area contributed by atoms with Crippen LogP contribution < -0.4 is 24.8 Å². The van der Waals surface area contributed by atoms with Gasteiger partial charge in [0.05, 0.1) is 32.8 Å². The van der Waals surface area contributed by atoms with E-state index in [4.69, 9.17) is 29.4 Å². The number of rotatable bonds is 13. The van der Waals surface area contributed by atoms with Gasteiger partial charge >= 0.3 is 5.97 Å². The molecule has 3 atom stereocenters. The Hall–Kier alpha value is -3.38. The molecular formula is C33H45N3O8. The number of anilines is 1. The van der Waals surface area contributed by atoms with Gasteiger partial charge in [-0.05, 0) is 48.2 Å². The van der Waals surface area contributed by atoms with Crippen LogP contribution in [0.2, 0.25) is 0 Å². The van der Waals surface area contributed by atoms with Crippen LogP contribution in [-0.4, -0.2) is 81.0 Å². The largest absolute Gasteiger partial charge is 0.493 e. The molecule has 3 N–H and O–H groups in total. The van der Waals surface area contributed by atoms with Gasteiger partial charge in [-0.25, -0.2) is 0 Å². The van der Waals surface area contributed by atoms with Gasteiger partial charge in [0.2, 0.25) is 18.4 Å². The van der Waals surface area contributed by atoms with Gasteiger partial charge in [0.1, 0.15) is 0 Å². The monoisotopic (exact) mass is 611 g/mol. The van der Waals surface area contributed by atoms with E-state index in [0.29, 0.717) is 56.5 Å². The molecule has 2 saturated heterocycles. The number of nitrogens with two attached hydrogens (primary N) is 1. The van der Waals surface area contributed by atoms with Crippen molar-refractivity contribution in [1.29, 1.82) is 0 Å². The number of hydrogen-bond acceptors (Lipinski definition) is 9. The minimum absolute atomic E-state index is 0.0612. The van der Waals surface area contributed by atoms with E-state index in [1.165, 1.54) is 0 Å². The number of benzene rings is 2. The summed E-state index contributed by atoms with van der Waals surface area (Å²) in [5.41, 5.74) is 7.91. The van der Waals surface area contributed by atoms with Crippen LogP contribution in [0.5, 0.6) is 17.2 Å². The Bertz CT molecular complexity index is 1330. The van der Waals surface area contributed by atoms with Gasteiger partial charge in [0, 0.05) is 42.7 Å². The van der Waals surface area contributed by atoms with Gasteiger partial charge < -0.3 is 39.4 Å². The molecule has 3 aliphatic rings. The average molecular weight is 612 g/mol. The second kappa shape index (κ2) is 13.7. The molecule has 0 aromatic heterocycles. The average Bonchev–Trinajstić information content (AvgIpc) is 3.78. The maximum Gasteiger partial charge on any atom is 0.308 e. The molecule has 2 fully saturated rings. The Labute approximate surface area is 259 Å². The van der Waals surface area contributed by atoms with Crippen LogP contribution in [0.25, 0.3) is 0 Å². The van der Waals surface area contributed by atoms with Crippen LogP contribution in [0.1, 0.15) is 57.1 Å². The lowest BCUT2D eigenvalue weighted by Crippen LogP contribution is -2.47. The predicted octanol–water partition coefficient (Wildman–Crippen LogP) is 3.97. The van der Waals surface area contributed by atoms with E-state index >= 15 is 0 Å².